The lowest BCUT2D eigenvalue weighted by Gasteiger charge is -2.05. The second-order valence-corrected chi connectivity index (χ2v) is 2.93. The van der Waals surface area contributed by atoms with E-state index in [4.69, 9.17) is 5.73 Å². The molecule has 0 aliphatic heterocycles. The molecule has 1 aliphatic carbocycles. The predicted octanol–water partition coefficient (Wildman–Crippen LogP) is 2.64. The predicted molar refractivity (Wildman–Crippen MR) is 51.5 cm³/mol. The molecular weight excluding hydrogens is 134 g/mol. The highest BCUT2D eigenvalue weighted by molar-refractivity contribution is 5.20. The third kappa shape index (κ3) is 5.86. The van der Waals surface area contributed by atoms with Gasteiger partial charge in [-0.1, -0.05) is 30.2 Å². The maximum atomic E-state index is 4.85. The van der Waals surface area contributed by atoms with Crippen LogP contribution in [0.3, 0.4) is 0 Å². The highest BCUT2D eigenvalue weighted by atomic mass is 14.5. The fourth-order valence-electron chi connectivity index (χ4n) is 0.846. The minimum atomic E-state index is 0.750. The van der Waals surface area contributed by atoms with Crippen molar-refractivity contribution in [3.05, 3.63) is 23.3 Å². The first-order chi connectivity index (χ1) is 5.20. The van der Waals surface area contributed by atoms with E-state index in [-0.39, 0.29) is 0 Å². The Morgan fingerprint density at radius 2 is 1.45 bits per heavy atom. The van der Waals surface area contributed by atoms with E-state index in [0.717, 1.165) is 6.54 Å². The van der Waals surface area contributed by atoms with E-state index >= 15 is 0 Å². The quantitative estimate of drug-likeness (QED) is 0.569. The van der Waals surface area contributed by atoms with Gasteiger partial charge < -0.3 is 5.73 Å². The van der Waals surface area contributed by atoms with Crippen molar-refractivity contribution in [1.82, 2.24) is 0 Å². The molecule has 1 rings (SSSR count). The largest absolute Gasteiger partial charge is 0.331 e. The summed E-state index contributed by atoms with van der Waals surface area (Å²) in [6.45, 7) is 7.02. The van der Waals surface area contributed by atoms with Crippen LogP contribution in [0, 0.1) is 0 Å². The van der Waals surface area contributed by atoms with Crippen LogP contribution in [-0.2, 0) is 0 Å². The molecule has 0 unspecified atom stereocenters. The molecule has 0 amide bonds. The Bertz CT molecular complexity index is 136. The van der Waals surface area contributed by atoms with Gasteiger partial charge in [0.05, 0.1) is 0 Å². The van der Waals surface area contributed by atoms with Gasteiger partial charge in [0.1, 0.15) is 0 Å². The number of allylic oxidation sites excluding steroid dienone is 4. The van der Waals surface area contributed by atoms with Crippen molar-refractivity contribution >= 4 is 0 Å². The second-order valence-electron chi connectivity index (χ2n) is 2.93. The molecule has 0 aromatic rings. The van der Waals surface area contributed by atoms with Gasteiger partial charge in [0.15, 0.2) is 0 Å². The molecule has 0 spiro atoms. The summed E-state index contributed by atoms with van der Waals surface area (Å²) >= 11 is 0. The van der Waals surface area contributed by atoms with Gasteiger partial charge in [0.2, 0.25) is 0 Å². The Balaban J connectivity index is 0.000000292. The van der Waals surface area contributed by atoms with Crippen LogP contribution in [0.15, 0.2) is 23.3 Å². The molecule has 0 saturated heterocycles. The summed E-state index contributed by atoms with van der Waals surface area (Å²) in [5, 5.41) is 0. The molecule has 64 valence electrons. The molecule has 1 aliphatic rings. The molecule has 1 heteroatoms. The first-order valence-electron chi connectivity index (χ1n) is 4.23. The lowest BCUT2D eigenvalue weighted by atomic mass is 10.0. The molecule has 0 aromatic carbocycles. The molecule has 0 fully saturated rings. The SMILES string of the molecule is CC1=CC=C(C)CC1.CCN. The Kier molecular flexibility index (Phi) is 5.86. The summed E-state index contributed by atoms with van der Waals surface area (Å²) in [6, 6.07) is 0. The van der Waals surface area contributed by atoms with Crippen LogP contribution in [0.4, 0.5) is 0 Å². The van der Waals surface area contributed by atoms with Gasteiger partial charge in [-0.05, 0) is 33.2 Å². The minimum Gasteiger partial charge on any atom is -0.331 e. The number of rotatable bonds is 0. The topological polar surface area (TPSA) is 26.0 Å². The van der Waals surface area contributed by atoms with Crippen LogP contribution in [0.25, 0.3) is 0 Å². The van der Waals surface area contributed by atoms with Crippen molar-refractivity contribution in [3.63, 3.8) is 0 Å². The van der Waals surface area contributed by atoms with Gasteiger partial charge >= 0.3 is 0 Å². The van der Waals surface area contributed by atoms with Gasteiger partial charge in [-0.15, -0.1) is 0 Å². The van der Waals surface area contributed by atoms with Crippen molar-refractivity contribution in [2.75, 3.05) is 6.54 Å². The summed E-state index contributed by atoms with van der Waals surface area (Å²) in [5.41, 5.74) is 7.87. The van der Waals surface area contributed by atoms with Gasteiger partial charge in [-0.2, -0.15) is 0 Å². The van der Waals surface area contributed by atoms with Crippen LogP contribution >= 0.6 is 0 Å². The van der Waals surface area contributed by atoms with Gasteiger partial charge in [0.25, 0.3) is 0 Å². The van der Waals surface area contributed by atoms with Gasteiger partial charge in [-0.25, -0.2) is 0 Å². The minimum absolute atomic E-state index is 0.750. The zero-order valence-corrected chi connectivity index (χ0v) is 7.85. The summed E-state index contributed by atoms with van der Waals surface area (Å²) in [5.74, 6) is 0. The van der Waals surface area contributed by atoms with Gasteiger partial charge in [0, 0.05) is 0 Å². The Morgan fingerprint density at radius 1 is 1.18 bits per heavy atom. The van der Waals surface area contributed by atoms with E-state index < -0.39 is 0 Å². The Morgan fingerprint density at radius 3 is 1.64 bits per heavy atom. The first-order valence-corrected chi connectivity index (χ1v) is 4.23. The molecule has 0 bridgehead atoms. The third-order valence-corrected chi connectivity index (χ3v) is 1.57. The summed E-state index contributed by atoms with van der Waals surface area (Å²) in [6.07, 6.45) is 6.95. The molecular formula is C10H19N. The van der Waals surface area contributed by atoms with E-state index in [2.05, 4.69) is 26.0 Å². The molecule has 0 saturated carbocycles. The maximum absolute atomic E-state index is 4.85. The number of nitrogens with two attached hydrogens (primary N) is 1. The second kappa shape index (κ2) is 6.17. The molecule has 0 heterocycles. The normalized spacial score (nSPS) is 16.0. The summed E-state index contributed by atoms with van der Waals surface area (Å²) in [4.78, 5) is 0. The van der Waals surface area contributed by atoms with E-state index in [9.17, 15) is 0 Å². The molecule has 0 aromatic heterocycles. The van der Waals surface area contributed by atoms with Gasteiger partial charge in [-0.3, -0.25) is 0 Å². The smallest absolute Gasteiger partial charge is 0.0106 e. The van der Waals surface area contributed by atoms with E-state index in [1.54, 1.807) is 0 Å². The fourth-order valence-corrected chi connectivity index (χ4v) is 0.846. The summed E-state index contributed by atoms with van der Waals surface area (Å²) in [7, 11) is 0. The molecule has 1 nitrogen and oxygen atoms in total. The number of hydrogen-bond donors (Lipinski definition) is 1. The zero-order valence-electron chi connectivity index (χ0n) is 7.85. The lowest BCUT2D eigenvalue weighted by Crippen LogP contribution is -1.87. The third-order valence-electron chi connectivity index (χ3n) is 1.57. The van der Waals surface area contributed by atoms with Crippen LogP contribution in [0.2, 0.25) is 0 Å². The number of hydrogen-bond acceptors (Lipinski definition) is 1. The standard InChI is InChI=1S/C8H12.C2H7N/c1-7-3-5-8(2)6-4-7;1-2-3/h3,5H,4,6H2,1-2H3;2-3H2,1H3. The Hall–Kier alpha value is -0.560. The van der Waals surface area contributed by atoms with Crippen molar-refractivity contribution in [2.45, 2.75) is 33.6 Å². The van der Waals surface area contributed by atoms with E-state index in [1.807, 2.05) is 6.92 Å². The molecule has 0 atom stereocenters. The fraction of sp³-hybridized carbons (Fsp3) is 0.600. The van der Waals surface area contributed by atoms with Crippen molar-refractivity contribution < 1.29 is 0 Å². The van der Waals surface area contributed by atoms with Crippen LogP contribution in [0.5, 0.6) is 0 Å². The summed E-state index contributed by atoms with van der Waals surface area (Å²) < 4.78 is 0. The van der Waals surface area contributed by atoms with E-state index in [1.165, 1.54) is 24.0 Å². The average molecular weight is 153 g/mol. The molecule has 0 radical (unpaired) electrons. The van der Waals surface area contributed by atoms with Crippen LogP contribution in [0.1, 0.15) is 33.6 Å². The lowest BCUT2D eigenvalue weighted by molar-refractivity contribution is 0.906. The van der Waals surface area contributed by atoms with Crippen LogP contribution in [-0.4, -0.2) is 6.54 Å². The van der Waals surface area contributed by atoms with Crippen LogP contribution < -0.4 is 5.73 Å². The Labute approximate surface area is 70.0 Å². The monoisotopic (exact) mass is 153 g/mol. The van der Waals surface area contributed by atoms with Crippen molar-refractivity contribution in [3.8, 4) is 0 Å². The highest BCUT2D eigenvalue weighted by Crippen LogP contribution is 2.15. The maximum Gasteiger partial charge on any atom is -0.0106 e. The zero-order chi connectivity index (χ0) is 8.69. The van der Waals surface area contributed by atoms with E-state index in [0.29, 0.717) is 0 Å². The first kappa shape index (κ1) is 10.4. The average Bonchev–Trinajstić information content (AvgIpc) is 1.97. The van der Waals surface area contributed by atoms with Crippen molar-refractivity contribution in [1.29, 1.82) is 0 Å². The van der Waals surface area contributed by atoms with Crippen molar-refractivity contribution in [2.24, 2.45) is 5.73 Å². The molecule has 11 heavy (non-hydrogen) atoms. The molecule has 2 N–H and O–H groups in total. The highest BCUT2D eigenvalue weighted by Gasteiger charge is 1.95.